The summed E-state index contributed by atoms with van der Waals surface area (Å²) in [6.07, 6.45) is 0. The fraction of sp³-hybridized carbons (Fsp3) is 0.333. The van der Waals surface area contributed by atoms with E-state index >= 15 is 0 Å². The molecule has 0 saturated heterocycles. The van der Waals surface area contributed by atoms with Crippen LogP contribution in [0.1, 0.15) is 35.6 Å². The van der Waals surface area contributed by atoms with Gasteiger partial charge >= 0.3 is 0 Å². The van der Waals surface area contributed by atoms with Crippen molar-refractivity contribution in [1.29, 1.82) is 0 Å². The summed E-state index contributed by atoms with van der Waals surface area (Å²) in [5, 5.41) is 0. The number of rotatable bonds is 4. The highest BCUT2D eigenvalue weighted by Crippen LogP contribution is 2.22. The van der Waals surface area contributed by atoms with E-state index in [-0.39, 0.29) is 18.2 Å². The average molecular weight is 273 g/mol. The molecule has 1 aromatic heterocycles. The van der Waals surface area contributed by atoms with E-state index in [9.17, 15) is 4.79 Å². The molecule has 106 valence electrons. The zero-order valence-corrected chi connectivity index (χ0v) is 11.9. The zero-order valence-electron chi connectivity index (χ0n) is 11.9. The summed E-state index contributed by atoms with van der Waals surface area (Å²) >= 11 is 0. The Morgan fingerprint density at radius 2 is 2.00 bits per heavy atom. The molecular formula is C15H19N3O2. The molecule has 0 bridgehead atoms. The van der Waals surface area contributed by atoms with Crippen molar-refractivity contribution in [1.82, 2.24) is 9.97 Å². The van der Waals surface area contributed by atoms with Crippen molar-refractivity contribution in [3.8, 4) is 5.75 Å². The van der Waals surface area contributed by atoms with Gasteiger partial charge in [-0.25, -0.2) is 4.98 Å². The van der Waals surface area contributed by atoms with Crippen LogP contribution in [0, 0.1) is 13.8 Å². The highest BCUT2D eigenvalue weighted by molar-refractivity contribution is 5.39. The van der Waals surface area contributed by atoms with Crippen LogP contribution in [0.5, 0.6) is 5.75 Å². The number of nitrogens with one attached hydrogen (secondary N) is 1. The summed E-state index contributed by atoms with van der Waals surface area (Å²) in [7, 11) is 0. The minimum atomic E-state index is -0.281. The second-order valence-corrected chi connectivity index (χ2v) is 4.92. The van der Waals surface area contributed by atoms with Crippen molar-refractivity contribution in [3.05, 3.63) is 57.3 Å². The number of hydrogen-bond acceptors (Lipinski definition) is 4. The van der Waals surface area contributed by atoms with Crippen molar-refractivity contribution in [2.45, 2.75) is 33.4 Å². The van der Waals surface area contributed by atoms with Crippen LogP contribution >= 0.6 is 0 Å². The van der Waals surface area contributed by atoms with Crippen LogP contribution < -0.4 is 16.0 Å². The molecule has 2 aromatic rings. The first-order valence-electron chi connectivity index (χ1n) is 6.52. The molecule has 0 fully saturated rings. The lowest BCUT2D eigenvalue weighted by molar-refractivity contribution is 0.290. The lowest BCUT2D eigenvalue weighted by Crippen LogP contribution is -2.18. The molecule has 1 aromatic carbocycles. The van der Waals surface area contributed by atoms with Gasteiger partial charge in [0.2, 0.25) is 0 Å². The molecule has 0 spiro atoms. The zero-order chi connectivity index (χ0) is 14.7. The number of nitrogens with zero attached hydrogens (tertiary/aromatic N) is 1. The fourth-order valence-corrected chi connectivity index (χ4v) is 2.00. The monoisotopic (exact) mass is 273 g/mol. The number of H-pyrrole nitrogens is 1. The largest absolute Gasteiger partial charge is 0.485 e. The number of aromatic amines is 1. The molecule has 1 heterocycles. The summed E-state index contributed by atoms with van der Waals surface area (Å²) in [6.45, 7) is 5.97. The molecule has 0 amide bonds. The van der Waals surface area contributed by atoms with Gasteiger partial charge in [0.15, 0.2) is 0 Å². The third-order valence-electron chi connectivity index (χ3n) is 3.04. The smallest absolute Gasteiger partial charge is 0.251 e. The Labute approximate surface area is 117 Å². The molecule has 0 aliphatic carbocycles. The van der Waals surface area contributed by atoms with Gasteiger partial charge in [-0.1, -0.05) is 18.2 Å². The number of aromatic nitrogens is 2. The number of ether oxygens (including phenoxy) is 1. The second-order valence-electron chi connectivity index (χ2n) is 4.92. The standard InChI is InChI=1S/C15H19N3O2/c1-9-5-4-6-10(2)15(9)20-8-13-17-12(11(3)16)7-14(19)18-13/h4-7,11H,8,16H2,1-3H3,(H,17,18,19). The Morgan fingerprint density at radius 3 is 2.60 bits per heavy atom. The molecule has 5 nitrogen and oxygen atoms in total. The van der Waals surface area contributed by atoms with Crippen LogP contribution in [0.25, 0.3) is 0 Å². The van der Waals surface area contributed by atoms with E-state index in [1.54, 1.807) is 6.92 Å². The Hall–Kier alpha value is -2.14. The molecule has 0 aliphatic heterocycles. The van der Waals surface area contributed by atoms with E-state index in [1.807, 2.05) is 32.0 Å². The molecule has 1 unspecified atom stereocenters. The predicted octanol–water partition coefficient (Wildman–Crippen LogP) is 1.99. The van der Waals surface area contributed by atoms with Gasteiger partial charge in [0.05, 0.1) is 5.69 Å². The van der Waals surface area contributed by atoms with Crippen LogP contribution in [-0.4, -0.2) is 9.97 Å². The van der Waals surface area contributed by atoms with E-state index in [0.29, 0.717) is 11.5 Å². The van der Waals surface area contributed by atoms with Crippen LogP contribution in [-0.2, 0) is 6.61 Å². The third kappa shape index (κ3) is 3.24. The number of benzene rings is 1. The number of aryl methyl sites for hydroxylation is 2. The molecule has 1 atom stereocenters. The summed E-state index contributed by atoms with van der Waals surface area (Å²) in [6, 6.07) is 7.08. The maximum Gasteiger partial charge on any atom is 0.251 e. The normalized spacial score (nSPS) is 12.2. The summed E-state index contributed by atoms with van der Waals surface area (Å²) in [5.74, 6) is 1.30. The van der Waals surface area contributed by atoms with Crippen molar-refractivity contribution >= 4 is 0 Å². The van der Waals surface area contributed by atoms with Gasteiger partial charge in [0.25, 0.3) is 5.56 Å². The molecular weight excluding hydrogens is 254 g/mol. The Morgan fingerprint density at radius 1 is 1.35 bits per heavy atom. The van der Waals surface area contributed by atoms with Crippen molar-refractivity contribution < 1.29 is 4.74 Å². The molecule has 20 heavy (non-hydrogen) atoms. The van der Waals surface area contributed by atoms with Gasteiger partial charge < -0.3 is 15.5 Å². The van der Waals surface area contributed by atoms with Gasteiger partial charge in [-0.05, 0) is 31.9 Å². The topological polar surface area (TPSA) is 81.0 Å². The maximum atomic E-state index is 11.6. The molecule has 0 radical (unpaired) electrons. The second kappa shape index (κ2) is 5.88. The van der Waals surface area contributed by atoms with E-state index in [2.05, 4.69) is 9.97 Å². The molecule has 3 N–H and O–H groups in total. The van der Waals surface area contributed by atoms with Crippen molar-refractivity contribution in [2.24, 2.45) is 5.73 Å². The molecule has 2 rings (SSSR count). The number of nitrogens with two attached hydrogens (primary N) is 1. The lowest BCUT2D eigenvalue weighted by atomic mass is 10.1. The molecule has 0 aliphatic rings. The molecule has 5 heteroatoms. The quantitative estimate of drug-likeness (QED) is 0.892. The van der Waals surface area contributed by atoms with E-state index in [0.717, 1.165) is 16.9 Å². The van der Waals surface area contributed by atoms with Gasteiger partial charge in [0.1, 0.15) is 18.2 Å². The van der Waals surface area contributed by atoms with E-state index in [1.165, 1.54) is 6.07 Å². The van der Waals surface area contributed by atoms with Crippen molar-refractivity contribution in [3.63, 3.8) is 0 Å². The van der Waals surface area contributed by atoms with E-state index in [4.69, 9.17) is 10.5 Å². The number of hydrogen-bond donors (Lipinski definition) is 2. The van der Waals surface area contributed by atoms with Crippen LogP contribution in [0.2, 0.25) is 0 Å². The van der Waals surface area contributed by atoms with E-state index < -0.39 is 0 Å². The third-order valence-corrected chi connectivity index (χ3v) is 3.04. The average Bonchev–Trinajstić information content (AvgIpc) is 2.37. The molecule has 0 saturated carbocycles. The minimum absolute atomic E-state index is 0.210. The Bertz CT molecular complexity index is 642. The van der Waals surface area contributed by atoms with Gasteiger partial charge in [-0.2, -0.15) is 0 Å². The highest BCUT2D eigenvalue weighted by Gasteiger charge is 2.08. The minimum Gasteiger partial charge on any atom is -0.485 e. The highest BCUT2D eigenvalue weighted by atomic mass is 16.5. The SMILES string of the molecule is Cc1cccc(C)c1OCc1nc(C(C)N)cc(=O)[nH]1. The summed E-state index contributed by atoms with van der Waals surface area (Å²) in [4.78, 5) is 18.5. The first kappa shape index (κ1) is 14.3. The fourth-order valence-electron chi connectivity index (χ4n) is 2.00. The first-order chi connectivity index (χ1) is 9.47. The van der Waals surface area contributed by atoms with Crippen LogP contribution in [0.15, 0.2) is 29.1 Å². The van der Waals surface area contributed by atoms with Gasteiger partial charge in [-0.15, -0.1) is 0 Å². The van der Waals surface area contributed by atoms with Crippen molar-refractivity contribution in [2.75, 3.05) is 0 Å². The first-order valence-corrected chi connectivity index (χ1v) is 6.52. The predicted molar refractivity (Wildman–Crippen MR) is 77.7 cm³/mol. The van der Waals surface area contributed by atoms with Gasteiger partial charge in [0, 0.05) is 12.1 Å². The Kier molecular flexibility index (Phi) is 4.20. The van der Waals surface area contributed by atoms with Crippen LogP contribution in [0.3, 0.4) is 0 Å². The number of para-hydroxylation sites is 1. The maximum absolute atomic E-state index is 11.6. The summed E-state index contributed by atoms with van der Waals surface area (Å²) < 4.78 is 5.77. The van der Waals surface area contributed by atoms with Crippen LogP contribution in [0.4, 0.5) is 0 Å². The lowest BCUT2D eigenvalue weighted by Gasteiger charge is -2.12. The van der Waals surface area contributed by atoms with Gasteiger partial charge in [-0.3, -0.25) is 4.79 Å². The summed E-state index contributed by atoms with van der Waals surface area (Å²) in [5.41, 5.74) is 8.20. The Balaban J connectivity index is 2.21.